The number of aliphatic hydroxyl groups is 1. The summed E-state index contributed by atoms with van der Waals surface area (Å²) >= 11 is 3.24. The molecule has 1 fully saturated rings. The zero-order valence-electron chi connectivity index (χ0n) is 9.63. The van der Waals surface area contributed by atoms with Gasteiger partial charge in [0.1, 0.15) is 5.82 Å². The predicted molar refractivity (Wildman–Crippen MR) is 69.2 cm³/mol. The summed E-state index contributed by atoms with van der Waals surface area (Å²) in [6.07, 6.45) is 3.50. The molecule has 0 spiro atoms. The first-order valence-electron chi connectivity index (χ1n) is 6.00. The molecule has 0 bridgehead atoms. The first-order chi connectivity index (χ1) is 8.15. The van der Waals surface area contributed by atoms with Gasteiger partial charge in [0, 0.05) is 22.6 Å². The minimum Gasteiger partial charge on any atom is -0.393 e. The van der Waals surface area contributed by atoms with Gasteiger partial charge in [-0.3, -0.25) is 0 Å². The lowest BCUT2D eigenvalue weighted by atomic mass is 9.93. The Labute approximate surface area is 109 Å². The maximum atomic E-state index is 13.6. The summed E-state index contributed by atoms with van der Waals surface area (Å²) in [4.78, 5) is 0. The molecular weight excluding hydrogens is 285 g/mol. The van der Waals surface area contributed by atoms with Crippen LogP contribution in [0.1, 0.15) is 31.2 Å². The normalized spacial score (nSPS) is 24.9. The van der Waals surface area contributed by atoms with Crippen molar-refractivity contribution in [3.05, 3.63) is 34.1 Å². The van der Waals surface area contributed by atoms with E-state index in [-0.39, 0.29) is 11.9 Å². The van der Waals surface area contributed by atoms with Gasteiger partial charge in [-0.05, 0) is 37.8 Å². The van der Waals surface area contributed by atoms with Crippen LogP contribution in [0.4, 0.5) is 4.39 Å². The monoisotopic (exact) mass is 301 g/mol. The zero-order chi connectivity index (χ0) is 12.3. The highest BCUT2D eigenvalue weighted by atomic mass is 79.9. The van der Waals surface area contributed by atoms with Crippen molar-refractivity contribution < 1.29 is 9.50 Å². The van der Waals surface area contributed by atoms with E-state index in [9.17, 15) is 9.50 Å². The molecule has 2 N–H and O–H groups in total. The summed E-state index contributed by atoms with van der Waals surface area (Å²) < 4.78 is 14.3. The Bertz CT molecular complexity index is 378. The molecule has 0 aromatic heterocycles. The highest BCUT2D eigenvalue weighted by molar-refractivity contribution is 9.10. The number of rotatable bonds is 3. The van der Waals surface area contributed by atoms with E-state index in [2.05, 4.69) is 21.2 Å². The molecule has 17 heavy (non-hydrogen) atoms. The van der Waals surface area contributed by atoms with Crippen molar-refractivity contribution in [1.29, 1.82) is 0 Å². The van der Waals surface area contributed by atoms with Gasteiger partial charge in [-0.1, -0.05) is 22.0 Å². The third-order valence-corrected chi connectivity index (χ3v) is 3.79. The molecule has 1 aliphatic carbocycles. The molecule has 0 amide bonds. The van der Waals surface area contributed by atoms with Crippen LogP contribution < -0.4 is 5.32 Å². The number of benzene rings is 1. The fourth-order valence-electron chi connectivity index (χ4n) is 2.20. The van der Waals surface area contributed by atoms with Crippen molar-refractivity contribution in [2.24, 2.45) is 0 Å². The third-order valence-electron chi connectivity index (χ3n) is 3.29. The van der Waals surface area contributed by atoms with Crippen LogP contribution in [0.25, 0.3) is 0 Å². The van der Waals surface area contributed by atoms with Crippen molar-refractivity contribution in [3.8, 4) is 0 Å². The van der Waals surface area contributed by atoms with Gasteiger partial charge in [-0.15, -0.1) is 0 Å². The van der Waals surface area contributed by atoms with E-state index in [0.29, 0.717) is 18.2 Å². The fourth-order valence-corrected chi connectivity index (χ4v) is 2.53. The lowest BCUT2D eigenvalue weighted by Gasteiger charge is -2.26. The maximum absolute atomic E-state index is 13.6. The molecule has 1 aliphatic rings. The van der Waals surface area contributed by atoms with Crippen LogP contribution in [0.5, 0.6) is 0 Å². The molecule has 0 aliphatic heterocycles. The largest absolute Gasteiger partial charge is 0.393 e. The number of nitrogens with one attached hydrogen (secondary N) is 1. The molecule has 0 radical (unpaired) electrons. The van der Waals surface area contributed by atoms with Gasteiger partial charge in [0.2, 0.25) is 0 Å². The predicted octanol–water partition coefficient (Wildman–Crippen LogP) is 2.98. The van der Waals surface area contributed by atoms with Crippen molar-refractivity contribution in [3.63, 3.8) is 0 Å². The smallest absolute Gasteiger partial charge is 0.128 e. The van der Waals surface area contributed by atoms with Gasteiger partial charge in [-0.25, -0.2) is 4.39 Å². The molecule has 1 aromatic rings. The van der Waals surface area contributed by atoms with Crippen LogP contribution in [0.3, 0.4) is 0 Å². The van der Waals surface area contributed by atoms with Crippen molar-refractivity contribution in [2.45, 2.75) is 44.4 Å². The lowest BCUT2D eigenvalue weighted by molar-refractivity contribution is 0.116. The standard InChI is InChI=1S/C13H17BrFNO/c14-10-2-1-9(13(15)7-10)8-16-11-3-5-12(17)6-4-11/h1-2,7,11-12,16-17H,3-6,8H2. The molecule has 2 nitrogen and oxygen atoms in total. The molecular formula is C13H17BrFNO. The zero-order valence-corrected chi connectivity index (χ0v) is 11.2. The molecule has 0 saturated heterocycles. The SMILES string of the molecule is OC1CCC(NCc2ccc(Br)cc2F)CC1. The molecule has 0 unspecified atom stereocenters. The van der Waals surface area contributed by atoms with Crippen molar-refractivity contribution >= 4 is 15.9 Å². The number of aliphatic hydroxyl groups excluding tert-OH is 1. The van der Waals surface area contributed by atoms with Crippen LogP contribution in [0, 0.1) is 5.82 Å². The Hall–Kier alpha value is -0.450. The highest BCUT2D eigenvalue weighted by Gasteiger charge is 2.18. The Morgan fingerprint density at radius 1 is 1.29 bits per heavy atom. The average molecular weight is 302 g/mol. The van der Waals surface area contributed by atoms with Gasteiger partial charge < -0.3 is 10.4 Å². The van der Waals surface area contributed by atoms with E-state index in [4.69, 9.17) is 0 Å². The average Bonchev–Trinajstić information content (AvgIpc) is 2.30. The van der Waals surface area contributed by atoms with Crippen LogP contribution >= 0.6 is 15.9 Å². The summed E-state index contributed by atoms with van der Waals surface area (Å²) in [6, 6.07) is 5.54. The summed E-state index contributed by atoms with van der Waals surface area (Å²) in [5.41, 5.74) is 0.694. The van der Waals surface area contributed by atoms with Crippen molar-refractivity contribution in [2.75, 3.05) is 0 Å². The fraction of sp³-hybridized carbons (Fsp3) is 0.538. The van der Waals surface area contributed by atoms with E-state index >= 15 is 0 Å². The Morgan fingerprint density at radius 2 is 2.00 bits per heavy atom. The number of halogens is 2. The second-order valence-corrected chi connectivity index (χ2v) is 5.54. The van der Waals surface area contributed by atoms with Crippen LogP contribution in [0.2, 0.25) is 0 Å². The second kappa shape index (κ2) is 5.94. The minimum atomic E-state index is -0.178. The minimum absolute atomic E-state index is 0.141. The first kappa shape index (κ1) is 13.0. The van der Waals surface area contributed by atoms with Crippen LogP contribution in [-0.2, 0) is 6.54 Å². The lowest BCUT2D eigenvalue weighted by Crippen LogP contribution is -2.34. The van der Waals surface area contributed by atoms with Crippen LogP contribution in [0.15, 0.2) is 22.7 Å². The molecule has 0 heterocycles. The number of hydrogen-bond acceptors (Lipinski definition) is 2. The van der Waals surface area contributed by atoms with E-state index in [1.165, 1.54) is 6.07 Å². The Kier molecular flexibility index (Phi) is 4.54. The number of hydrogen-bond donors (Lipinski definition) is 2. The Balaban J connectivity index is 1.85. The molecule has 1 saturated carbocycles. The van der Waals surface area contributed by atoms with E-state index in [1.54, 1.807) is 6.07 Å². The third kappa shape index (κ3) is 3.76. The van der Waals surface area contributed by atoms with E-state index in [0.717, 1.165) is 30.2 Å². The molecule has 4 heteroatoms. The maximum Gasteiger partial charge on any atom is 0.128 e. The summed E-state index contributed by atoms with van der Waals surface area (Å²) in [5, 5.41) is 12.7. The first-order valence-corrected chi connectivity index (χ1v) is 6.80. The van der Waals surface area contributed by atoms with Gasteiger partial charge in [0.25, 0.3) is 0 Å². The quantitative estimate of drug-likeness (QED) is 0.899. The Morgan fingerprint density at radius 3 is 2.65 bits per heavy atom. The molecule has 94 valence electrons. The summed E-state index contributed by atoms with van der Waals surface area (Å²) in [7, 11) is 0. The van der Waals surface area contributed by atoms with Gasteiger partial charge >= 0.3 is 0 Å². The van der Waals surface area contributed by atoms with Gasteiger partial charge in [0.05, 0.1) is 6.10 Å². The molecule has 2 rings (SSSR count). The summed E-state index contributed by atoms with van der Waals surface area (Å²) in [5.74, 6) is -0.178. The molecule has 1 aromatic carbocycles. The van der Waals surface area contributed by atoms with E-state index in [1.807, 2.05) is 6.07 Å². The second-order valence-electron chi connectivity index (χ2n) is 4.62. The summed E-state index contributed by atoms with van der Waals surface area (Å²) in [6.45, 7) is 0.555. The highest BCUT2D eigenvalue weighted by Crippen LogP contribution is 2.20. The van der Waals surface area contributed by atoms with Gasteiger partial charge in [-0.2, -0.15) is 0 Å². The molecule has 0 atom stereocenters. The topological polar surface area (TPSA) is 32.3 Å². The van der Waals surface area contributed by atoms with Gasteiger partial charge in [0.15, 0.2) is 0 Å². The van der Waals surface area contributed by atoms with Crippen molar-refractivity contribution in [1.82, 2.24) is 5.32 Å². The van der Waals surface area contributed by atoms with E-state index < -0.39 is 0 Å². The van der Waals surface area contributed by atoms with Crippen LogP contribution in [-0.4, -0.2) is 17.3 Å².